The van der Waals surface area contributed by atoms with Gasteiger partial charge in [-0.05, 0) is 71.2 Å². The summed E-state index contributed by atoms with van der Waals surface area (Å²) in [5.41, 5.74) is 3.04. The lowest BCUT2D eigenvalue weighted by atomic mass is 9.89. The highest BCUT2D eigenvalue weighted by Crippen LogP contribution is 2.33. The number of carbonyl (C=O) groups excluding carboxylic acids is 1. The van der Waals surface area contributed by atoms with Crippen LogP contribution in [0.2, 0.25) is 5.02 Å². The van der Waals surface area contributed by atoms with Crippen molar-refractivity contribution in [2.75, 3.05) is 13.7 Å². The fourth-order valence-electron chi connectivity index (χ4n) is 4.31. The fraction of sp³-hybridized carbons (Fsp3) is 0.233. The second-order valence-electron chi connectivity index (χ2n) is 8.97. The molecule has 1 heterocycles. The molecule has 7 heteroatoms. The quantitative estimate of drug-likeness (QED) is 0.338. The number of allylic oxidation sites excluding steroid dienone is 1. The maximum Gasteiger partial charge on any atom is 0.338 e. The van der Waals surface area contributed by atoms with E-state index in [0.29, 0.717) is 22.8 Å². The smallest absolute Gasteiger partial charge is 0.338 e. The minimum atomic E-state index is -1.19. The van der Waals surface area contributed by atoms with Crippen LogP contribution in [0.3, 0.4) is 0 Å². The van der Waals surface area contributed by atoms with Gasteiger partial charge in [-0.3, -0.25) is 9.79 Å². The molecule has 0 aromatic heterocycles. The lowest BCUT2D eigenvalue weighted by Gasteiger charge is -2.24. The fourth-order valence-corrected chi connectivity index (χ4v) is 4.53. The molecule has 0 saturated heterocycles. The Morgan fingerprint density at radius 1 is 1.05 bits per heavy atom. The van der Waals surface area contributed by atoms with E-state index in [1.807, 2.05) is 54.6 Å². The predicted molar refractivity (Wildman–Crippen MR) is 145 cm³/mol. The van der Waals surface area contributed by atoms with E-state index in [1.165, 1.54) is 0 Å². The van der Waals surface area contributed by atoms with Crippen LogP contribution in [0.5, 0.6) is 5.75 Å². The number of carboxylic acid groups (broad SMARTS) is 1. The first-order valence-electron chi connectivity index (χ1n) is 12.0. The Bertz CT molecular complexity index is 1350. The van der Waals surface area contributed by atoms with E-state index in [1.54, 1.807) is 44.5 Å². The molecule has 0 radical (unpaired) electrons. The van der Waals surface area contributed by atoms with Crippen molar-refractivity contribution >= 4 is 29.8 Å². The van der Waals surface area contributed by atoms with Crippen molar-refractivity contribution in [3.05, 3.63) is 101 Å². The van der Waals surface area contributed by atoms with Crippen LogP contribution in [0, 0.1) is 0 Å². The monoisotopic (exact) mass is 517 g/mol. The van der Waals surface area contributed by atoms with E-state index in [4.69, 9.17) is 21.1 Å². The Hall–Kier alpha value is -3.90. The van der Waals surface area contributed by atoms with Gasteiger partial charge in [-0.2, -0.15) is 0 Å². The van der Waals surface area contributed by atoms with Gasteiger partial charge in [0.15, 0.2) is 5.54 Å². The highest BCUT2D eigenvalue weighted by atomic mass is 35.5. The summed E-state index contributed by atoms with van der Waals surface area (Å²) >= 11 is 6.05. The van der Waals surface area contributed by atoms with Crippen molar-refractivity contribution < 1.29 is 24.2 Å². The first-order valence-corrected chi connectivity index (χ1v) is 12.3. The molecule has 6 nitrogen and oxygen atoms in total. The molecule has 0 saturated carbocycles. The number of ether oxygens (including phenoxy) is 2. The number of rotatable bonds is 10. The first-order chi connectivity index (χ1) is 17.8. The third-order valence-corrected chi connectivity index (χ3v) is 6.70. The lowest BCUT2D eigenvalue weighted by Crippen LogP contribution is -2.38. The molecular formula is C30H28ClNO5. The van der Waals surface area contributed by atoms with Crippen molar-refractivity contribution in [3.8, 4) is 16.9 Å². The van der Waals surface area contributed by atoms with E-state index in [9.17, 15) is 14.7 Å². The third-order valence-electron chi connectivity index (χ3n) is 6.46. The molecule has 3 aromatic carbocycles. The second-order valence-corrected chi connectivity index (χ2v) is 9.40. The van der Waals surface area contributed by atoms with Gasteiger partial charge in [0.05, 0.1) is 19.6 Å². The number of carboxylic acids is 1. The molecule has 0 amide bonds. The zero-order valence-corrected chi connectivity index (χ0v) is 21.4. The standard InChI is InChI=1S/C30H28ClNO5/c1-20(28(33)34)22-7-4-8-23(17-22)24-10-11-27(36-2)25(18-24)19-30(13-5-14-32-30)29(35)37-15-12-21-6-3-9-26(31)16-21/h3-11,13-14,16-18,20H,12,15,19H2,1-2H3,(H,33,34). The van der Waals surface area contributed by atoms with E-state index >= 15 is 0 Å². The number of hydrogen-bond acceptors (Lipinski definition) is 5. The zero-order chi connectivity index (χ0) is 26.4. The van der Waals surface area contributed by atoms with Crippen molar-refractivity contribution in [1.82, 2.24) is 0 Å². The molecule has 4 rings (SSSR count). The Labute approximate surface area is 221 Å². The number of benzene rings is 3. The van der Waals surface area contributed by atoms with Gasteiger partial charge in [-0.1, -0.05) is 54.1 Å². The van der Waals surface area contributed by atoms with Crippen LogP contribution in [0.4, 0.5) is 0 Å². The largest absolute Gasteiger partial charge is 0.496 e. The summed E-state index contributed by atoms with van der Waals surface area (Å²) in [5, 5.41) is 10.0. The SMILES string of the molecule is COc1ccc(-c2cccc(C(C)C(=O)O)c2)cc1CC1(C(=O)OCCc2cccc(Cl)c2)C=CC=N1. The minimum absolute atomic E-state index is 0.204. The Morgan fingerprint density at radius 2 is 1.84 bits per heavy atom. The van der Waals surface area contributed by atoms with E-state index in [2.05, 4.69) is 4.99 Å². The maximum absolute atomic E-state index is 13.3. The summed E-state index contributed by atoms with van der Waals surface area (Å²) in [6.45, 7) is 1.86. The summed E-state index contributed by atoms with van der Waals surface area (Å²) < 4.78 is 11.3. The van der Waals surface area contributed by atoms with Crippen LogP contribution >= 0.6 is 11.6 Å². The van der Waals surface area contributed by atoms with Crippen molar-refractivity contribution in [3.63, 3.8) is 0 Å². The summed E-state index contributed by atoms with van der Waals surface area (Å²) in [5.74, 6) is -1.32. The number of nitrogens with zero attached hydrogens (tertiary/aromatic N) is 1. The zero-order valence-electron chi connectivity index (χ0n) is 20.7. The van der Waals surface area contributed by atoms with Crippen LogP contribution < -0.4 is 4.74 Å². The molecule has 0 aliphatic carbocycles. The van der Waals surface area contributed by atoms with Gasteiger partial charge in [0, 0.05) is 24.1 Å². The van der Waals surface area contributed by atoms with Crippen LogP contribution in [-0.4, -0.2) is 42.5 Å². The van der Waals surface area contributed by atoms with Gasteiger partial charge in [0.1, 0.15) is 5.75 Å². The molecule has 2 atom stereocenters. The van der Waals surface area contributed by atoms with Gasteiger partial charge in [-0.15, -0.1) is 0 Å². The van der Waals surface area contributed by atoms with Gasteiger partial charge in [-0.25, -0.2) is 4.79 Å². The maximum atomic E-state index is 13.3. The van der Waals surface area contributed by atoms with Crippen LogP contribution in [0.15, 0.2) is 83.9 Å². The number of methoxy groups -OCH3 is 1. The summed E-state index contributed by atoms with van der Waals surface area (Å²) in [6, 6.07) is 20.6. The Kier molecular flexibility index (Phi) is 8.09. The molecule has 190 valence electrons. The number of aliphatic imine (C=N–C) groups is 1. The molecule has 0 spiro atoms. The van der Waals surface area contributed by atoms with Gasteiger partial charge in [0.2, 0.25) is 0 Å². The second kappa shape index (κ2) is 11.4. The molecular weight excluding hydrogens is 490 g/mol. The molecule has 3 aromatic rings. The Balaban J connectivity index is 1.56. The highest BCUT2D eigenvalue weighted by Gasteiger charge is 2.39. The number of esters is 1. The van der Waals surface area contributed by atoms with Crippen molar-refractivity contribution in [2.24, 2.45) is 4.99 Å². The average molecular weight is 518 g/mol. The van der Waals surface area contributed by atoms with E-state index < -0.39 is 23.4 Å². The first kappa shape index (κ1) is 26.2. The number of halogens is 1. The summed E-state index contributed by atoms with van der Waals surface area (Å²) in [6.07, 6.45) is 5.88. The van der Waals surface area contributed by atoms with Crippen LogP contribution in [-0.2, 0) is 27.2 Å². The Morgan fingerprint density at radius 3 is 2.54 bits per heavy atom. The average Bonchev–Trinajstić information content (AvgIpc) is 3.38. The summed E-state index contributed by atoms with van der Waals surface area (Å²) in [4.78, 5) is 29.2. The molecule has 2 unspecified atom stereocenters. The third kappa shape index (κ3) is 6.09. The summed E-state index contributed by atoms with van der Waals surface area (Å²) in [7, 11) is 1.58. The molecule has 0 bridgehead atoms. The predicted octanol–water partition coefficient (Wildman–Crippen LogP) is 5.91. The lowest BCUT2D eigenvalue weighted by molar-refractivity contribution is -0.148. The van der Waals surface area contributed by atoms with Gasteiger partial charge in [0.25, 0.3) is 0 Å². The molecule has 1 N–H and O–H groups in total. The molecule has 1 aliphatic heterocycles. The van der Waals surface area contributed by atoms with Gasteiger partial charge >= 0.3 is 11.9 Å². The van der Waals surface area contributed by atoms with Crippen LogP contribution in [0.25, 0.3) is 11.1 Å². The topological polar surface area (TPSA) is 85.2 Å². The highest BCUT2D eigenvalue weighted by molar-refractivity contribution is 6.30. The van der Waals surface area contributed by atoms with Crippen LogP contribution in [0.1, 0.15) is 29.5 Å². The van der Waals surface area contributed by atoms with Crippen molar-refractivity contribution in [1.29, 1.82) is 0 Å². The number of aliphatic carboxylic acids is 1. The normalized spacial score (nSPS) is 16.9. The molecule has 37 heavy (non-hydrogen) atoms. The minimum Gasteiger partial charge on any atom is -0.496 e. The van der Waals surface area contributed by atoms with Crippen molar-refractivity contribution in [2.45, 2.75) is 31.2 Å². The molecule has 1 aliphatic rings. The van der Waals surface area contributed by atoms with Gasteiger partial charge < -0.3 is 14.6 Å². The van der Waals surface area contributed by atoms with E-state index in [-0.39, 0.29) is 13.0 Å². The number of carbonyl (C=O) groups is 2. The molecule has 0 fully saturated rings. The van der Waals surface area contributed by atoms with E-state index in [0.717, 1.165) is 22.3 Å². The number of hydrogen-bond donors (Lipinski definition) is 1.